The summed E-state index contributed by atoms with van der Waals surface area (Å²) < 4.78 is 95.4. The van der Waals surface area contributed by atoms with Crippen molar-refractivity contribution in [2.75, 3.05) is 40.6 Å². The second-order valence-corrected chi connectivity index (χ2v) is 16.2. The van der Waals surface area contributed by atoms with E-state index in [0.717, 1.165) is 0 Å². The van der Waals surface area contributed by atoms with Gasteiger partial charge in [0.1, 0.15) is 42.7 Å². The third-order valence-electron chi connectivity index (χ3n) is 10.2. The number of ether oxygens (including phenoxy) is 6. The molecule has 2 N–H and O–H groups in total. The Hall–Kier alpha value is 2.25. The molecular formula is C30H58O16P3Y2+. The maximum Gasteiger partial charge on any atom is 0.695 e. The van der Waals surface area contributed by atoms with Gasteiger partial charge in [-0.15, -0.1) is 9.42 Å². The Kier molecular flexibility index (Phi) is 25.0. The number of aliphatic hydroxyl groups is 1. The molecule has 0 aromatic heterocycles. The molecule has 4 heterocycles. The van der Waals surface area contributed by atoms with Crippen molar-refractivity contribution in [1.29, 1.82) is 0 Å². The normalized spacial score (nSPS) is 42.0. The van der Waals surface area contributed by atoms with Gasteiger partial charge in [0.2, 0.25) is 0 Å². The maximum absolute atomic E-state index is 12.3. The van der Waals surface area contributed by atoms with Crippen molar-refractivity contribution >= 4 is 24.8 Å². The van der Waals surface area contributed by atoms with Crippen molar-refractivity contribution in [3.05, 3.63) is 0 Å². The standard InChI is InChI=1S/C15H28O9P2.C15H29O7P.2Y/c1-8-10(3)22-13(14(8)23-25(16)17)7-20-26(18)24-15-9(2)11(4)21-12(15)6-19-5;1-8-10(3)20-12(14(8)16)7-19-23(17)22-15-9(2)11(4)21-13(15)6-18-5;;/h8-15,26H,6-7H2,1-5H3;8-16,23H,6-7H2,1-5H3;;/p+1/t2*8-,9-,10+,11+,12-,13-,14?,15?;;/m11../s1. The minimum absolute atomic E-state index is 0. The molecule has 0 spiro atoms. The first-order valence-corrected chi connectivity index (χ1v) is 20.4. The van der Waals surface area contributed by atoms with Gasteiger partial charge in [-0.05, 0) is 27.7 Å². The fourth-order valence-electron chi connectivity index (χ4n) is 6.44. The molecule has 0 bridgehead atoms. The third-order valence-corrected chi connectivity index (χ3v) is 12.3. The summed E-state index contributed by atoms with van der Waals surface area (Å²) in [4.78, 5) is 9.02. The van der Waals surface area contributed by atoms with E-state index in [1.54, 1.807) is 14.2 Å². The summed E-state index contributed by atoms with van der Waals surface area (Å²) in [5, 5.41) is 10.0. The van der Waals surface area contributed by atoms with Gasteiger partial charge in [-0.1, -0.05) is 27.7 Å². The Bertz CT molecular complexity index is 1090. The Balaban J connectivity index is 0.000000494. The summed E-state index contributed by atoms with van der Waals surface area (Å²) in [5.41, 5.74) is 0. The van der Waals surface area contributed by atoms with E-state index < -0.39 is 55.3 Å². The summed E-state index contributed by atoms with van der Waals surface area (Å²) in [5.74, 6) is 0.0844. The molecule has 0 aromatic rings. The van der Waals surface area contributed by atoms with Crippen LogP contribution in [0.3, 0.4) is 0 Å². The summed E-state index contributed by atoms with van der Waals surface area (Å²) in [7, 11) is -5.11. The molecule has 7 unspecified atom stereocenters. The molecule has 0 saturated carbocycles. The van der Waals surface area contributed by atoms with Crippen LogP contribution < -0.4 is 0 Å². The molecule has 4 aliphatic heterocycles. The summed E-state index contributed by atoms with van der Waals surface area (Å²) in [6.07, 6.45) is -3.79. The fraction of sp³-hybridized carbons (Fsp3) is 1.00. The van der Waals surface area contributed by atoms with Gasteiger partial charge in [-0.25, -0.2) is 0 Å². The monoisotopic (exact) mass is 945 g/mol. The molecule has 16 nitrogen and oxygen atoms in total. The van der Waals surface area contributed by atoms with Crippen molar-refractivity contribution in [3.8, 4) is 0 Å². The molecule has 4 rings (SSSR count). The zero-order valence-electron chi connectivity index (χ0n) is 31.3. The van der Waals surface area contributed by atoms with Gasteiger partial charge in [-0.2, -0.15) is 0 Å². The maximum atomic E-state index is 12.3. The SMILES string of the molecule is COC[C@H]1O[C@@H](C)[C@@H](C)C1O[PH](=O)OC[C@H]1O[C@@H](C)[C@@H](C)C1O.COC[C@H]1O[C@@H](C)[C@@H](C)C1O[PH](=O)OC[C@H]1O[C@@H](C)[C@@H](C)C1O[P+](=O)O.[Y].[Y]. The van der Waals surface area contributed by atoms with E-state index in [-0.39, 0.29) is 145 Å². The van der Waals surface area contributed by atoms with E-state index in [1.165, 1.54) is 0 Å². The first-order chi connectivity index (χ1) is 23.1. The quantitative estimate of drug-likeness (QED) is 0.211. The second-order valence-electron chi connectivity index (χ2n) is 13.5. The minimum atomic E-state index is -2.81. The largest absolute Gasteiger partial charge is 0.695 e. The molecule has 4 aliphatic rings. The molecular weight excluding hydrogens is 887 g/mol. The predicted molar refractivity (Wildman–Crippen MR) is 178 cm³/mol. The van der Waals surface area contributed by atoms with Crippen LogP contribution in [0.15, 0.2) is 0 Å². The van der Waals surface area contributed by atoms with E-state index in [9.17, 15) is 18.8 Å². The van der Waals surface area contributed by atoms with Crippen LogP contribution in [-0.2, 0) is 130 Å². The van der Waals surface area contributed by atoms with Crippen molar-refractivity contribution in [1.82, 2.24) is 0 Å². The summed E-state index contributed by atoms with van der Waals surface area (Å²) >= 11 is 0. The molecule has 19 atom stereocenters. The van der Waals surface area contributed by atoms with Crippen molar-refractivity contribution in [3.63, 3.8) is 0 Å². The van der Waals surface area contributed by atoms with Crippen LogP contribution >= 0.6 is 24.8 Å². The van der Waals surface area contributed by atoms with Crippen molar-refractivity contribution in [2.24, 2.45) is 23.7 Å². The number of aliphatic hydroxyl groups excluding tert-OH is 1. The van der Waals surface area contributed by atoms with Crippen LogP contribution in [-0.4, -0.2) is 124 Å². The average Bonchev–Trinajstić information content (AvgIpc) is 3.66. The number of methoxy groups -OCH3 is 2. The summed E-state index contributed by atoms with van der Waals surface area (Å²) in [6.45, 7) is 16.1. The van der Waals surface area contributed by atoms with Gasteiger partial charge < -0.3 is 51.6 Å². The Morgan fingerprint density at radius 2 is 0.902 bits per heavy atom. The van der Waals surface area contributed by atoms with Gasteiger partial charge in [0.15, 0.2) is 0 Å². The Labute approximate surface area is 355 Å². The third kappa shape index (κ3) is 14.9. The van der Waals surface area contributed by atoms with Gasteiger partial charge in [0, 0.05) is 108 Å². The van der Waals surface area contributed by atoms with Crippen molar-refractivity contribution in [2.45, 2.75) is 129 Å². The predicted octanol–water partition coefficient (Wildman–Crippen LogP) is 3.93. The first kappa shape index (κ1) is 51.3. The molecule has 2 radical (unpaired) electrons. The van der Waals surface area contributed by atoms with Gasteiger partial charge in [0.25, 0.3) is 0 Å². The van der Waals surface area contributed by atoms with Gasteiger partial charge in [0.05, 0.1) is 56.9 Å². The van der Waals surface area contributed by atoms with E-state index in [1.807, 2.05) is 55.4 Å². The minimum Gasteiger partial charge on any atom is -0.390 e. The molecule has 0 aliphatic carbocycles. The molecule has 4 saturated heterocycles. The van der Waals surface area contributed by atoms with E-state index in [2.05, 4.69) is 0 Å². The van der Waals surface area contributed by atoms with Crippen LogP contribution in [0.2, 0.25) is 0 Å². The van der Waals surface area contributed by atoms with Gasteiger partial charge in [-0.3, -0.25) is 9.13 Å². The van der Waals surface area contributed by atoms with E-state index in [4.69, 9.17) is 55.9 Å². The number of hydrogen-bond donors (Lipinski definition) is 2. The van der Waals surface area contributed by atoms with Crippen molar-refractivity contribution < 1.29 is 140 Å². The van der Waals surface area contributed by atoms with E-state index in [0.29, 0.717) is 13.2 Å². The van der Waals surface area contributed by atoms with Crippen LogP contribution in [0.5, 0.6) is 0 Å². The zero-order valence-corrected chi connectivity index (χ0v) is 39.8. The van der Waals surface area contributed by atoms with Crippen LogP contribution in [0.4, 0.5) is 0 Å². The molecule has 51 heavy (non-hydrogen) atoms. The second kappa shape index (κ2) is 24.9. The topological polar surface area (TPSA) is 193 Å². The van der Waals surface area contributed by atoms with Crippen LogP contribution in [0.1, 0.15) is 55.4 Å². The Morgan fingerprint density at radius 1 is 0.569 bits per heavy atom. The molecule has 0 aromatic carbocycles. The van der Waals surface area contributed by atoms with E-state index >= 15 is 0 Å². The van der Waals surface area contributed by atoms with Crippen LogP contribution in [0.25, 0.3) is 0 Å². The fourth-order valence-corrected chi connectivity index (χ4v) is 8.89. The number of rotatable bonds is 16. The molecule has 294 valence electrons. The average molecular weight is 946 g/mol. The van der Waals surface area contributed by atoms with Gasteiger partial charge >= 0.3 is 24.8 Å². The Morgan fingerprint density at radius 3 is 1.25 bits per heavy atom. The van der Waals surface area contributed by atoms with Crippen LogP contribution in [0, 0.1) is 23.7 Å². The molecule has 4 fully saturated rings. The smallest absolute Gasteiger partial charge is 0.390 e. The first-order valence-electron chi connectivity index (χ1n) is 16.9. The number of hydrogen-bond acceptors (Lipinski definition) is 15. The zero-order chi connectivity index (χ0) is 36.6. The molecule has 21 heteroatoms. The summed E-state index contributed by atoms with van der Waals surface area (Å²) in [6, 6.07) is 0. The molecule has 0 amide bonds.